The summed E-state index contributed by atoms with van der Waals surface area (Å²) in [5, 5.41) is 16.3. The molecule has 5 rings (SSSR count). The van der Waals surface area contributed by atoms with Crippen molar-refractivity contribution >= 4 is 22.4 Å². The lowest BCUT2D eigenvalue weighted by Gasteiger charge is -2.39. The van der Waals surface area contributed by atoms with Gasteiger partial charge in [-0.15, -0.1) is 0 Å². The molecule has 0 radical (unpaired) electrons. The summed E-state index contributed by atoms with van der Waals surface area (Å²) in [6, 6.07) is 1.98. The van der Waals surface area contributed by atoms with Crippen LogP contribution in [0.4, 0.5) is 18.3 Å². The number of fused-ring (bicyclic) bond motifs is 1. The summed E-state index contributed by atoms with van der Waals surface area (Å²) in [6.07, 6.45) is 6.91. The second kappa shape index (κ2) is 8.37. The largest absolute Gasteiger partial charge is 0.381 e. The zero-order valence-electron chi connectivity index (χ0n) is 17.9. The second-order valence-electron chi connectivity index (χ2n) is 8.08. The number of benzene rings is 1. The molecule has 0 spiro atoms. The first-order valence-electron chi connectivity index (χ1n) is 10.4. The van der Waals surface area contributed by atoms with Gasteiger partial charge in [-0.1, -0.05) is 17.4 Å². The van der Waals surface area contributed by atoms with Crippen molar-refractivity contribution in [3.63, 3.8) is 0 Å². The van der Waals surface area contributed by atoms with E-state index in [-0.39, 0.29) is 30.4 Å². The SMILES string of the molecule is C[C@@H](N1Cc2nc(N3C=CC(F)=CC3)sc2C1=O)[C@](O)(Cn1cncn1)c1ccc(F)cc1F. The van der Waals surface area contributed by atoms with E-state index in [0.29, 0.717) is 28.3 Å². The fourth-order valence-electron chi connectivity index (χ4n) is 4.13. The van der Waals surface area contributed by atoms with Crippen LogP contribution in [-0.2, 0) is 18.7 Å². The molecule has 1 N–H and O–H groups in total. The van der Waals surface area contributed by atoms with E-state index in [1.165, 1.54) is 40.5 Å². The van der Waals surface area contributed by atoms with Crippen LogP contribution in [0.15, 0.2) is 55.0 Å². The number of carbonyl (C=O) groups is 1. The fourth-order valence-corrected chi connectivity index (χ4v) is 5.16. The fraction of sp³-hybridized carbons (Fsp3) is 0.273. The normalized spacial score (nSPS) is 18.1. The number of hydrogen-bond acceptors (Lipinski definition) is 7. The number of aromatic nitrogens is 4. The molecule has 4 heterocycles. The molecule has 2 aromatic heterocycles. The number of nitrogens with zero attached hydrogens (tertiary/aromatic N) is 6. The number of thiazole rings is 1. The van der Waals surface area contributed by atoms with Crippen molar-refractivity contribution in [2.45, 2.75) is 31.7 Å². The van der Waals surface area contributed by atoms with Crippen molar-refractivity contribution in [1.29, 1.82) is 0 Å². The van der Waals surface area contributed by atoms with Crippen LogP contribution < -0.4 is 4.90 Å². The summed E-state index contributed by atoms with van der Waals surface area (Å²) in [4.78, 5) is 25.2. The molecule has 0 aliphatic carbocycles. The average molecular weight is 488 g/mol. The first-order valence-corrected chi connectivity index (χ1v) is 11.2. The highest BCUT2D eigenvalue weighted by Crippen LogP contribution is 2.39. The third-order valence-corrected chi connectivity index (χ3v) is 7.15. The van der Waals surface area contributed by atoms with Crippen LogP contribution in [0.25, 0.3) is 0 Å². The number of anilines is 1. The maximum absolute atomic E-state index is 14.8. The summed E-state index contributed by atoms with van der Waals surface area (Å²) in [5.41, 5.74) is -1.60. The Labute approximate surface area is 196 Å². The van der Waals surface area contributed by atoms with E-state index in [1.54, 1.807) is 18.0 Å². The number of amides is 1. The van der Waals surface area contributed by atoms with E-state index in [2.05, 4.69) is 15.1 Å². The summed E-state index contributed by atoms with van der Waals surface area (Å²) in [7, 11) is 0. The third-order valence-electron chi connectivity index (χ3n) is 6.03. The Balaban J connectivity index is 1.45. The van der Waals surface area contributed by atoms with Crippen LogP contribution in [0.5, 0.6) is 0 Å². The summed E-state index contributed by atoms with van der Waals surface area (Å²) in [6.45, 7) is 1.76. The van der Waals surface area contributed by atoms with Crippen molar-refractivity contribution in [3.05, 3.63) is 82.8 Å². The summed E-state index contributed by atoms with van der Waals surface area (Å²) in [5.74, 6) is -2.42. The Morgan fingerprint density at radius 1 is 1.29 bits per heavy atom. The van der Waals surface area contributed by atoms with E-state index in [4.69, 9.17) is 0 Å². The Hall–Kier alpha value is -3.51. The molecule has 0 fully saturated rings. The summed E-state index contributed by atoms with van der Waals surface area (Å²) >= 11 is 1.16. The number of halogens is 3. The monoisotopic (exact) mass is 488 g/mol. The highest BCUT2D eigenvalue weighted by molar-refractivity contribution is 7.17. The Morgan fingerprint density at radius 3 is 2.76 bits per heavy atom. The van der Waals surface area contributed by atoms with Crippen LogP contribution in [0.3, 0.4) is 0 Å². The van der Waals surface area contributed by atoms with Gasteiger partial charge in [-0.25, -0.2) is 27.8 Å². The van der Waals surface area contributed by atoms with Crippen molar-refractivity contribution in [2.75, 3.05) is 11.4 Å². The number of rotatable bonds is 6. The Kier molecular flexibility index (Phi) is 5.48. The molecule has 1 amide bonds. The van der Waals surface area contributed by atoms with Crippen LogP contribution in [0, 0.1) is 11.6 Å². The lowest BCUT2D eigenvalue weighted by Crippen LogP contribution is -2.52. The first-order chi connectivity index (χ1) is 16.3. The van der Waals surface area contributed by atoms with Gasteiger partial charge in [0.2, 0.25) is 0 Å². The number of hydrogen-bond donors (Lipinski definition) is 1. The van der Waals surface area contributed by atoms with Gasteiger partial charge < -0.3 is 14.9 Å². The van der Waals surface area contributed by atoms with Gasteiger partial charge in [-0.2, -0.15) is 5.10 Å². The van der Waals surface area contributed by atoms with Crippen LogP contribution in [0.1, 0.15) is 27.9 Å². The quantitative estimate of drug-likeness (QED) is 0.574. The molecule has 12 heteroatoms. The molecule has 1 aromatic carbocycles. The lowest BCUT2D eigenvalue weighted by molar-refractivity contribution is -0.0557. The molecule has 0 saturated heterocycles. The molecule has 34 heavy (non-hydrogen) atoms. The van der Waals surface area contributed by atoms with Gasteiger partial charge in [0.1, 0.15) is 40.6 Å². The van der Waals surface area contributed by atoms with Crippen LogP contribution in [-0.4, -0.2) is 48.2 Å². The van der Waals surface area contributed by atoms with Gasteiger partial charge in [0.15, 0.2) is 5.13 Å². The number of allylic oxidation sites excluding steroid dienone is 2. The molecule has 3 aromatic rings. The number of carbonyl (C=O) groups excluding carboxylic acids is 1. The van der Waals surface area contributed by atoms with Crippen LogP contribution >= 0.6 is 11.3 Å². The summed E-state index contributed by atoms with van der Waals surface area (Å²) < 4.78 is 43.0. The molecule has 0 unspecified atom stereocenters. The second-order valence-corrected chi connectivity index (χ2v) is 9.06. The van der Waals surface area contributed by atoms with E-state index >= 15 is 0 Å². The minimum Gasteiger partial charge on any atom is -0.381 e. The maximum Gasteiger partial charge on any atom is 0.266 e. The molecular formula is C22H19F3N6O2S. The molecule has 176 valence electrons. The highest BCUT2D eigenvalue weighted by Gasteiger charge is 2.47. The Bertz CT molecular complexity index is 1310. The molecule has 2 aliphatic heterocycles. The first kappa shape index (κ1) is 22.3. The maximum atomic E-state index is 14.8. The van der Waals surface area contributed by atoms with Crippen molar-refractivity contribution in [1.82, 2.24) is 24.6 Å². The van der Waals surface area contributed by atoms with Gasteiger partial charge in [-0.05, 0) is 25.1 Å². The minimum absolute atomic E-state index is 0.0933. The topological polar surface area (TPSA) is 87.4 Å². The van der Waals surface area contributed by atoms with Gasteiger partial charge in [-0.3, -0.25) is 4.79 Å². The van der Waals surface area contributed by atoms with Gasteiger partial charge in [0.25, 0.3) is 5.91 Å². The van der Waals surface area contributed by atoms with E-state index in [0.717, 1.165) is 17.4 Å². The number of aliphatic hydroxyl groups is 1. The van der Waals surface area contributed by atoms with Crippen molar-refractivity contribution in [3.8, 4) is 0 Å². The third kappa shape index (κ3) is 3.78. The van der Waals surface area contributed by atoms with Gasteiger partial charge in [0.05, 0.1) is 24.8 Å². The van der Waals surface area contributed by atoms with Crippen LogP contribution in [0.2, 0.25) is 0 Å². The van der Waals surface area contributed by atoms with Gasteiger partial charge >= 0.3 is 0 Å². The smallest absolute Gasteiger partial charge is 0.266 e. The van der Waals surface area contributed by atoms with Crippen molar-refractivity contribution in [2.24, 2.45) is 0 Å². The predicted molar refractivity (Wildman–Crippen MR) is 117 cm³/mol. The highest BCUT2D eigenvalue weighted by atomic mass is 32.1. The van der Waals surface area contributed by atoms with E-state index in [9.17, 15) is 23.1 Å². The van der Waals surface area contributed by atoms with Gasteiger partial charge in [0, 0.05) is 24.4 Å². The lowest BCUT2D eigenvalue weighted by atomic mass is 9.85. The molecule has 2 atom stereocenters. The zero-order chi connectivity index (χ0) is 24.0. The minimum atomic E-state index is -1.95. The van der Waals surface area contributed by atoms with E-state index < -0.39 is 23.3 Å². The molecule has 8 nitrogen and oxygen atoms in total. The zero-order valence-corrected chi connectivity index (χ0v) is 18.7. The molecule has 0 saturated carbocycles. The molecule has 2 aliphatic rings. The molecule has 0 bridgehead atoms. The molecular weight excluding hydrogens is 469 g/mol. The average Bonchev–Trinajstić information content (AvgIpc) is 3.52. The standard InChI is InChI=1S/C22H19F3N6O2S/c1-13(22(33,10-30-12-26-11-27-30)16-3-2-15(24)8-17(16)25)31-9-18-19(20(31)32)34-21(28-18)29-6-4-14(23)5-7-29/h2-6,8,11-13,33H,7,9-10H2,1H3/t13-,22-/m1/s1. The van der Waals surface area contributed by atoms with E-state index in [1.807, 2.05) is 0 Å². The predicted octanol–water partition coefficient (Wildman–Crippen LogP) is 3.13. The van der Waals surface area contributed by atoms with Crippen molar-refractivity contribution < 1.29 is 23.1 Å². The Morgan fingerprint density at radius 2 is 2.12 bits per heavy atom.